The number of carbonyl (C=O) groups excluding carboxylic acids is 1. The monoisotopic (exact) mass is 241 g/mol. The van der Waals surface area contributed by atoms with Gasteiger partial charge >= 0.3 is 0 Å². The van der Waals surface area contributed by atoms with Crippen molar-refractivity contribution >= 4 is 5.91 Å². The second kappa shape index (κ2) is 3.17. The average Bonchev–Trinajstić information content (AvgIpc) is 3.20. The van der Waals surface area contributed by atoms with E-state index in [1.165, 1.54) is 31.3 Å². The molecule has 2 nitrogen and oxygen atoms in total. The molecule has 1 heterocycles. The zero-order valence-corrected chi connectivity index (χ0v) is 10.9. The molecule has 3 aliphatic carbocycles. The van der Waals surface area contributed by atoms with Gasteiger partial charge in [-0.05, 0) is 36.7 Å². The Bertz CT molecular complexity index is 509. The third kappa shape index (κ3) is 1.21. The van der Waals surface area contributed by atoms with E-state index in [1.807, 2.05) is 0 Å². The molecule has 0 aromatic rings. The summed E-state index contributed by atoms with van der Waals surface area (Å²) >= 11 is 0. The molecule has 0 N–H and O–H groups in total. The summed E-state index contributed by atoms with van der Waals surface area (Å²) in [6.07, 6.45) is 16.0. The van der Waals surface area contributed by atoms with Crippen molar-refractivity contribution in [3.05, 3.63) is 36.0 Å². The molecule has 1 unspecified atom stereocenters. The molecule has 4 rings (SSSR count). The number of rotatable bonds is 0. The molecule has 0 radical (unpaired) electrons. The summed E-state index contributed by atoms with van der Waals surface area (Å²) in [5.74, 6) is 0.728. The van der Waals surface area contributed by atoms with Crippen molar-refractivity contribution in [1.29, 1.82) is 0 Å². The molecule has 0 aromatic carbocycles. The maximum absolute atomic E-state index is 12.0. The summed E-state index contributed by atoms with van der Waals surface area (Å²) in [6, 6.07) is 0. The number of allylic oxidation sites excluding steroid dienone is 4. The van der Waals surface area contributed by atoms with Crippen molar-refractivity contribution in [2.24, 2.45) is 11.3 Å². The van der Waals surface area contributed by atoms with Gasteiger partial charge < -0.3 is 4.90 Å². The maximum atomic E-state index is 12.0. The molecular weight excluding hydrogens is 222 g/mol. The number of hydrogen-bond acceptors (Lipinski definition) is 1. The fourth-order valence-corrected chi connectivity index (χ4v) is 4.20. The highest BCUT2D eigenvalue weighted by atomic mass is 16.2. The predicted molar refractivity (Wildman–Crippen MR) is 70.9 cm³/mol. The van der Waals surface area contributed by atoms with Gasteiger partial charge in [-0.3, -0.25) is 4.79 Å². The van der Waals surface area contributed by atoms with Gasteiger partial charge in [0.2, 0.25) is 5.91 Å². The summed E-state index contributed by atoms with van der Waals surface area (Å²) in [5.41, 5.74) is 2.10. The molecule has 1 aliphatic heterocycles. The molecule has 2 spiro atoms. The summed E-state index contributed by atoms with van der Waals surface area (Å²) in [4.78, 5) is 14.1. The number of nitrogens with zero attached hydrogens (tertiary/aromatic N) is 1. The fraction of sp³-hybridized carbons (Fsp3) is 0.562. The molecule has 1 saturated heterocycles. The van der Waals surface area contributed by atoms with E-state index in [-0.39, 0.29) is 11.4 Å². The molecule has 2 atom stereocenters. The lowest BCUT2D eigenvalue weighted by atomic mass is 9.84. The third-order valence-electron chi connectivity index (χ3n) is 5.40. The number of carbonyl (C=O) groups is 1. The summed E-state index contributed by atoms with van der Waals surface area (Å²) < 4.78 is 0. The maximum Gasteiger partial charge on any atom is 0.220 e. The van der Waals surface area contributed by atoms with Crippen LogP contribution in [-0.2, 0) is 4.79 Å². The number of hydrogen-bond donors (Lipinski definition) is 0. The topological polar surface area (TPSA) is 20.3 Å². The van der Waals surface area contributed by atoms with Gasteiger partial charge in [0, 0.05) is 19.4 Å². The third-order valence-corrected chi connectivity index (χ3v) is 5.40. The van der Waals surface area contributed by atoms with E-state index in [0.29, 0.717) is 11.3 Å². The van der Waals surface area contributed by atoms with Crippen molar-refractivity contribution in [2.45, 2.75) is 38.1 Å². The molecule has 94 valence electrons. The highest BCUT2D eigenvalue weighted by molar-refractivity contribution is 5.78. The minimum atomic E-state index is 0.0574. The number of fused-ring (bicyclic) bond motifs is 3. The van der Waals surface area contributed by atoms with Gasteiger partial charge in [0.25, 0.3) is 0 Å². The first-order valence-corrected chi connectivity index (χ1v) is 7.02. The van der Waals surface area contributed by atoms with Gasteiger partial charge in [0.15, 0.2) is 0 Å². The van der Waals surface area contributed by atoms with E-state index in [2.05, 4.69) is 35.3 Å². The summed E-state index contributed by atoms with van der Waals surface area (Å²) in [5, 5.41) is 0. The van der Waals surface area contributed by atoms with Gasteiger partial charge in [-0.1, -0.05) is 30.4 Å². The van der Waals surface area contributed by atoms with Crippen molar-refractivity contribution < 1.29 is 4.79 Å². The van der Waals surface area contributed by atoms with Crippen molar-refractivity contribution in [2.75, 3.05) is 6.54 Å². The molecule has 0 aromatic heterocycles. The van der Waals surface area contributed by atoms with E-state index in [1.54, 1.807) is 6.92 Å². The van der Waals surface area contributed by atoms with Gasteiger partial charge in [-0.2, -0.15) is 0 Å². The Morgan fingerprint density at radius 3 is 2.83 bits per heavy atom. The predicted octanol–water partition coefficient (Wildman–Crippen LogP) is 2.83. The van der Waals surface area contributed by atoms with E-state index in [9.17, 15) is 4.79 Å². The van der Waals surface area contributed by atoms with Crippen LogP contribution in [0.4, 0.5) is 0 Å². The van der Waals surface area contributed by atoms with Crippen LogP contribution in [0.3, 0.4) is 0 Å². The second-order valence-corrected chi connectivity index (χ2v) is 6.39. The molecule has 2 saturated carbocycles. The Balaban J connectivity index is 1.76. The quantitative estimate of drug-likeness (QED) is 0.638. The molecule has 0 bridgehead atoms. The summed E-state index contributed by atoms with van der Waals surface area (Å²) in [6.45, 7) is 2.69. The highest BCUT2D eigenvalue weighted by Crippen LogP contribution is 2.69. The van der Waals surface area contributed by atoms with Gasteiger partial charge in [0.05, 0.1) is 5.54 Å². The molecule has 1 amide bonds. The Labute approximate surface area is 108 Å². The molecule has 18 heavy (non-hydrogen) atoms. The standard InChI is InChI=1S/C16H19NO/c1-12(18)17-10-9-15(7-8-15)11-16(17)13-5-3-2-4-6-14(13)16/h2-6,13H,7-11H2,1H3/t13?,16-/m0/s1. The lowest BCUT2D eigenvalue weighted by Crippen LogP contribution is -2.49. The Kier molecular flexibility index (Phi) is 1.87. The van der Waals surface area contributed by atoms with Crippen LogP contribution < -0.4 is 0 Å². The van der Waals surface area contributed by atoms with Crippen LogP contribution in [0, 0.1) is 11.3 Å². The van der Waals surface area contributed by atoms with Crippen LogP contribution in [0.2, 0.25) is 0 Å². The minimum absolute atomic E-state index is 0.0574. The van der Waals surface area contributed by atoms with Gasteiger partial charge in [-0.25, -0.2) is 0 Å². The zero-order chi connectivity index (χ0) is 12.4. The van der Waals surface area contributed by atoms with E-state index in [4.69, 9.17) is 0 Å². The first-order chi connectivity index (χ1) is 8.68. The van der Waals surface area contributed by atoms with Crippen molar-refractivity contribution in [1.82, 2.24) is 4.90 Å². The number of amides is 1. The smallest absolute Gasteiger partial charge is 0.220 e. The normalized spacial score (nSPS) is 38.4. The molecule has 2 heteroatoms. The zero-order valence-electron chi connectivity index (χ0n) is 10.9. The Hall–Kier alpha value is -1.31. The largest absolute Gasteiger partial charge is 0.333 e. The molecule has 4 aliphatic rings. The van der Waals surface area contributed by atoms with Crippen LogP contribution in [0.25, 0.3) is 0 Å². The van der Waals surface area contributed by atoms with E-state index >= 15 is 0 Å². The minimum Gasteiger partial charge on any atom is -0.333 e. The summed E-state index contributed by atoms with van der Waals surface area (Å²) in [7, 11) is 0. The lowest BCUT2D eigenvalue weighted by Gasteiger charge is -2.40. The number of piperidine rings is 1. The van der Waals surface area contributed by atoms with Crippen LogP contribution in [0.5, 0.6) is 0 Å². The highest BCUT2D eigenvalue weighted by Gasteiger charge is 2.68. The van der Waals surface area contributed by atoms with Crippen LogP contribution in [-0.4, -0.2) is 22.9 Å². The fourth-order valence-electron chi connectivity index (χ4n) is 4.20. The number of likely N-dealkylation sites (tertiary alicyclic amines) is 1. The first kappa shape index (κ1) is 10.6. The second-order valence-electron chi connectivity index (χ2n) is 6.39. The lowest BCUT2D eigenvalue weighted by molar-refractivity contribution is -0.134. The van der Waals surface area contributed by atoms with Crippen molar-refractivity contribution in [3.8, 4) is 0 Å². The molecular formula is C16H19NO. The average molecular weight is 241 g/mol. The van der Waals surface area contributed by atoms with Crippen molar-refractivity contribution in [3.63, 3.8) is 0 Å². The Morgan fingerprint density at radius 1 is 1.28 bits per heavy atom. The van der Waals surface area contributed by atoms with Crippen LogP contribution in [0.1, 0.15) is 32.6 Å². The van der Waals surface area contributed by atoms with E-state index in [0.717, 1.165) is 6.54 Å². The molecule has 3 fully saturated rings. The van der Waals surface area contributed by atoms with Gasteiger partial charge in [0.1, 0.15) is 0 Å². The van der Waals surface area contributed by atoms with E-state index < -0.39 is 0 Å². The van der Waals surface area contributed by atoms with Crippen LogP contribution >= 0.6 is 0 Å². The Morgan fingerprint density at radius 2 is 2.11 bits per heavy atom. The first-order valence-electron chi connectivity index (χ1n) is 7.02. The SMILES string of the molecule is CC(=O)N1CCC2(CC2)C[C@]12C1=CC=CC=CC12. The van der Waals surface area contributed by atoms with Gasteiger partial charge in [-0.15, -0.1) is 0 Å². The van der Waals surface area contributed by atoms with Crippen LogP contribution in [0.15, 0.2) is 36.0 Å².